The van der Waals surface area contributed by atoms with Crippen LogP contribution in [0.1, 0.15) is 63.6 Å². The summed E-state index contributed by atoms with van der Waals surface area (Å²) in [6.07, 6.45) is 1.90. The van der Waals surface area contributed by atoms with Gasteiger partial charge in [-0.1, -0.05) is 45.0 Å². The lowest BCUT2D eigenvalue weighted by Gasteiger charge is -2.37. The number of hydrogen-bond acceptors (Lipinski definition) is 5. The molecule has 10 heteroatoms. The highest BCUT2D eigenvalue weighted by Gasteiger charge is 2.37. The summed E-state index contributed by atoms with van der Waals surface area (Å²) in [6.45, 7) is 8.50. The summed E-state index contributed by atoms with van der Waals surface area (Å²) in [7, 11) is -3.37. The van der Waals surface area contributed by atoms with E-state index in [-0.39, 0.29) is 24.3 Å². The van der Waals surface area contributed by atoms with Crippen molar-refractivity contribution in [1.29, 1.82) is 0 Å². The van der Waals surface area contributed by atoms with Crippen molar-refractivity contribution in [2.45, 2.75) is 76.5 Å². The van der Waals surface area contributed by atoms with Crippen molar-refractivity contribution < 1.29 is 27.1 Å². The zero-order valence-electron chi connectivity index (χ0n) is 23.4. The van der Waals surface area contributed by atoms with E-state index in [2.05, 4.69) is 43.5 Å². The second-order valence-electron chi connectivity index (χ2n) is 11.7. The fraction of sp³-hybridized carbons (Fsp3) is 0.552. The average Bonchev–Trinajstić information content (AvgIpc) is 3.04. The standard InChI is InChI=1S/C29H41F2N3O4S/c1-20(35)33-26(16-21-14-24(30)18-25(31)15-21)27(36)19-32-29(10-7-12-34(13-11-29)39(5,37)38)23-9-6-8-22(17-23)28(2,3)4/h6,8-9,14-15,17-18,26-27,32,36H,7,10-13,16,19H2,1-5H3,(H,33,35)/t26-,27+,29+/m0/s1. The lowest BCUT2D eigenvalue weighted by atomic mass is 9.79. The molecule has 1 saturated heterocycles. The molecule has 39 heavy (non-hydrogen) atoms. The van der Waals surface area contributed by atoms with Gasteiger partial charge in [-0.05, 0) is 59.9 Å². The molecule has 0 aliphatic carbocycles. The molecule has 0 bridgehead atoms. The first-order chi connectivity index (χ1) is 18.1. The quantitative estimate of drug-likeness (QED) is 0.432. The van der Waals surface area contributed by atoms with Crippen LogP contribution in [0.3, 0.4) is 0 Å². The van der Waals surface area contributed by atoms with Crippen LogP contribution in [0.4, 0.5) is 8.78 Å². The fourth-order valence-corrected chi connectivity index (χ4v) is 6.15. The number of carbonyl (C=O) groups is 1. The summed E-state index contributed by atoms with van der Waals surface area (Å²) in [5, 5.41) is 17.5. The Balaban J connectivity index is 1.91. The number of amides is 1. The maximum atomic E-state index is 13.8. The van der Waals surface area contributed by atoms with Gasteiger partial charge in [0.15, 0.2) is 0 Å². The van der Waals surface area contributed by atoms with E-state index < -0.39 is 39.3 Å². The molecule has 7 nitrogen and oxygen atoms in total. The molecule has 2 aromatic carbocycles. The minimum Gasteiger partial charge on any atom is -0.390 e. The van der Waals surface area contributed by atoms with Crippen LogP contribution >= 0.6 is 0 Å². The number of aliphatic hydroxyl groups is 1. The van der Waals surface area contributed by atoms with E-state index in [0.29, 0.717) is 37.9 Å². The lowest BCUT2D eigenvalue weighted by Crippen LogP contribution is -2.53. The molecule has 0 unspecified atom stereocenters. The van der Waals surface area contributed by atoms with Gasteiger partial charge >= 0.3 is 0 Å². The van der Waals surface area contributed by atoms with Crippen molar-refractivity contribution in [3.8, 4) is 0 Å². The molecule has 3 rings (SSSR count). The molecule has 0 radical (unpaired) electrons. The molecule has 1 amide bonds. The summed E-state index contributed by atoms with van der Waals surface area (Å²) >= 11 is 0. The smallest absolute Gasteiger partial charge is 0.217 e. The molecule has 216 valence electrons. The van der Waals surface area contributed by atoms with Crippen LogP contribution < -0.4 is 10.6 Å². The SMILES string of the molecule is CC(=O)N[C@@H](Cc1cc(F)cc(F)c1)[C@H](O)CN[C@]1(c2cccc(C(C)(C)C)c2)CCCN(S(C)(=O)=O)CC1. The average molecular weight is 566 g/mol. The van der Waals surface area contributed by atoms with Crippen LogP contribution in [0, 0.1) is 11.6 Å². The third kappa shape index (κ3) is 8.54. The fourth-order valence-electron chi connectivity index (χ4n) is 5.26. The normalized spacial score (nSPS) is 20.7. The molecule has 1 fully saturated rings. The van der Waals surface area contributed by atoms with Gasteiger partial charge in [0.2, 0.25) is 15.9 Å². The largest absolute Gasteiger partial charge is 0.390 e. The molecular formula is C29H41F2N3O4S. The maximum absolute atomic E-state index is 13.8. The van der Waals surface area contributed by atoms with Crippen molar-refractivity contribution in [2.75, 3.05) is 25.9 Å². The van der Waals surface area contributed by atoms with Crippen LogP contribution in [-0.4, -0.2) is 61.8 Å². The van der Waals surface area contributed by atoms with Gasteiger partial charge in [0.05, 0.1) is 18.4 Å². The van der Waals surface area contributed by atoms with Crippen LogP contribution in [-0.2, 0) is 32.2 Å². The van der Waals surface area contributed by atoms with Gasteiger partial charge in [-0.2, -0.15) is 0 Å². The number of aliphatic hydroxyl groups excluding tert-OH is 1. The van der Waals surface area contributed by atoms with Gasteiger partial charge in [0.25, 0.3) is 0 Å². The number of nitrogens with one attached hydrogen (secondary N) is 2. The van der Waals surface area contributed by atoms with Gasteiger partial charge in [-0.3, -0.25) is 4.79 Å². The number of rotatable bonds is 9. The molecule has 2 aromatic rings. The van der Waals surface area contributed by atoms with Gasteiger partial charge < -0.3 is 15.7 Å². The Bertz CT molecular complexity index is 1250. The summed E-state index contributed by atoms with van der Waals surface area (Å²) in [5.74, 6) is -1.83. The highest BCUT2D eigenvalue weighted by atomic mass is 32.2. The number of sulfonamides is 1. The van der Waals surface area contributed by atoms with E-state index in [9.17, 15) is 27.1 Å². The Morgan fingerprint density at radius 3 is 2.36 bits per heavy atom. The topological polar surface area (TPSA) is 98.7 Å². The van der Waals surface area contributed by atoms with Gasteiger partial charge in [0, 0.05) is 38.2 Å². The van der Waals surface area contributed by atoms with Crippen molar-refractivity contribution in [1.82, 2.24) is 14.9 Å². The van der Waals surface area contributed by atoms with Crippen molar-refractivity contribution in [2.24, 2.45) is 0 Å². The molecule has 3 N–H and O–H groups in total. The van der Waals surface area contributed by atoms with Crippen LogP contribution in [0.15, 0.2) is 42.5 Å². The monoisotopic (exact) mass is 565 g/mol. The summed E-state index contributed by atoms with van der Waals surface area (Å²) in [5.41, 5.74) is 1.72. The first-order valence-electron chi connectivity index (χ1n) is 13.3. The molecule has 1 aliphatic heterocycles. The minimum absolute atomic E-state index is 0.0332. The highest BCUT2D eigenvalue weighted by molar-refractivity contribution is 7.88. The van der Waals surface area contributed by atoms with E-state index >= 15 is 0 Å². The second kappa shape index (κ2) is 12.4. The van der Waals surface area contributed by atoms with Gasteiger partial charge in [0.1, 0.15) is 11.6 Å². The zero-order chi connectivity index (χ0) is 29.0. The van der Waals surface area contributed by atoms with Crippen LogP contribution in [0.5, 0.6) is 0 Å². The number of hydrogen-bond donors (Lipinski definition) is 3. The second-order valence-corrected chi connectivity index (χ2v) is 13.6. The lowest BCUT2D eigenvalue weighted by molar-refractivity contribution is -0.120. The number of halogens is 2. The zero-order valence-corrected chi connectivity index (χ0v) is 24.2. The van der Waals surface area contributed by atoms with Crippen molar-refractivity contribution >= 4 is 15.9 Å². The van der Waals surface area contributed by atoms with E-state index in [1.807, 2.05) is 12.1 Å². The molecule has 0 aromatic heterocycles. The first-order valence-corrected chi connectivity index (χ1v) is 15.2. The van der Waals surface area contributed by atoms with Crippen LogP contribution in [0.25, 0.3) is 0 Å². The number of nitrogens with zero attached hydrogens (tertiary/aromatic N) is 1. The third-order valence-electron chi connectivity index (χ3n) is 7.43. The van der Waals surface area contributed by atoms with Crippen molar-refractivity contribution in [3.05, 3.63) is 70.8 Å². The Kier molecular flexibility index (Phi) is 9.91. The first kappa shape index (κ1) is 31.1. The Labute approximate surface area is 231 Å². The Morgan fingerprint density at radius 1 is 1.10 bits per heavy atom. The van der Waals surface area contributed by atoms with Crippen molar-refractivity contribution in [3.63, 3.8) is 0 Å². The number of benzene rings is 2. The minimum atomic E-state index is -3.37. The van der Waals surface area contributed by atoms with Gasteiger partial charge in [-0.25, -0.2) is 21.5 Å². The maximum Gasteiger partial charge on any atom is 0.217 e. The predicted molar refractivity (Wildman–Crippen MR) is 149 cm³/mol. The Morgan fingerprint density at radius 2 is 1.77 bits per heavy atom. The molecule has 1 aliphatic rings. The summed E-state index contributed by atoms with van der Waals surface area (Å²) < 4.78 is 53.7. The molecule has 0 saturated carbocycles. The third-order valence-corrected chi connectivity index (χ3v) is 8.73. The summed E-state index contributed by atoms with van der Waals surface area (Å²) in [4.78, 5) is 11.9. The predicted octanol–water partition coefficient (Wildman–Crippen LogP) is 3.60. The highest BCUT2D eigenvalue weighted by Crippen LogP contribution is 2.36. The van der Waals surface area contributed by atoms with Gasteiger partial charge in [-0.15, -0.1) is 0 Å². The number of carbonyl (C=O) groups excluding carboxylic acids is 1. The molecular weight excluding hydrogens is 524 g/mol. The molecule has 0 spiro atoms. The molecule has 3 atom stereocenters. The van der Waals surface area contributed by atoms with E-state index in [1.165, 1.54) is 29.6 Å². The van der Waals surface area contributed by atoms with E-state index in [0.717, 1.165) is 17.2 Å². The van der Waals surface area contributed by atoms with E-state index in [4.69, 9.17) is 0 Å². The molecule has 1 heterocycles. The van der Waals surface area contributed by atoms with E-state index in [1.54, 1.807) is 0 Å². The summed E-state index contributed by atoms with van der Waals surface area (Å²) in [6, 6.07) is 10.6. The Hall–Kier alpha value is -2.40. The van der Waals surface area contributed by atoms with Crippen LogP contribution in [0.2, 0.25) is 0 Å².